The molecule has 0 spiro atoms. The van der Waals surface area contributed by atoms with Crippen LogP contribution in [0.5, 0.6) is 0 Å². The second kappa shape index (κ2) is 4.51. The highest BCUT2D eigenvalue weighted by molar-refractivity contribution is 6.23. The number of fused-ring (bicyclic) bond motifs is 5. The SMILES string of the molecule is COC(=O)c1cccc(N2C(=O)[C@@H]3[C@@H](C2=O)[C@H]2C=C[C@H]3O2)c1. The normalized spacial score (nSPS) is 31.8. The van der Waals surface area contributed by atoms with Gasteiger partial charge in [0, 0.05) is 0 Å². The number of anilines is 1. The van der Waals surface area contributed by atoms with Gasteiger partial charge in [-0.05, 0) is 18.2 Å². The molecule has 1 aromatic carbocycles. The molecule has 112 valence electrons. The Labute approximate surface area is 126 Å². The number of amides is 2. The highest BCUT2D eigenvalue weighted by atomic mass is 16.5. The summed E-state index contributed by atoms with van der Waals surface area (Å²) in [6.07, 6.45) is 3.04. The number of imide groups is 1. The van der Waals surface area contributed by atoms with Crippen molar-refractivity contribution in [2.24, 2.45) is 11.8 Å². The lowest BCUT2D eigenvalue weighted by Crippen LogP contribution is -2.34. The second-order valence-corrected chi connectivity index (χ2v) is 5.56. The Morgan fingerprint density at radius 3 is 2.36 bits per heavy atom. The molecule has 6 heteroatoms. The molecule has 4 rings (SSSR count). The lowest BCUT2D eigenvalue weighted by atomic mass is 9.85. The summed E-state index contributed by atoms with van der Waals surface area (Å²) in [5, 5.41) is 0. The minimum absolute atomic E-state index is 0.270. The summed E-state index contributed by atoms with van der Waals surface area (Å²) in [7, 11) is 1.28. The molecule has 2 bridgehead atoms. The number of carbonyl (C=O) groups excluding carboxylic acids is 3. The monoisotopic (exact) mass is 299 g/mol. The first-order valence-electron chi connectivity index (χ1n) is 7.02. The van der Waals surface area contributed by atoms with Gasteiger partial charge in [0.05, 0.1) is 42.4 Å². The molecule has 0 saturated carbocycles. The van der Waals surface area contributed by atoms with Gasteiger partial charge in [-0.15, -0.1) is 0 Å². The van der Waals surface area contributed by atoms with Crippen molar-refractivity contribution in [2.45, 2.75) is 12.2 Å². The van der Waals surface area contributed by atoms with E-state index in [2.05, 4.69) is 4.74 Å². The van der Waals surface area contributed by atoms with E-state index in [0.29, 0.717) is 11.3 Å². The van der Waals surface area contributed by atoms with E-state index in [9.17, 15) is 14.4 Å². The van der Waals surface area contributed by atoms with Crippen molar-refractivity contribution in [3.8, 4) is 0 Å². The maximum Gasteiger partial charge on any atom is 0.337 e. The van der Waals surface area contributed by atoms with Gasteiger partial charge in [-0.25, -0.2) is 9.69 Å². The van der Waals surface area contributed by atoms with Crippen LogP contribution in [0, 0.1) is 11.8 Å². The lowest BCUT2D eigenvalue weighted by Gasteiger charge is -2.18. The number of rotatable bonds is 2. The van der Waals surface area contributed by atoms with E-state index in [1.165, 1.54) is 13.2 Å². The first kappa shape index (κ1) is 13.2. The van der Waals surface area contributed by atoms with Crippen molar-refractivity contribution in [1.29, 1.82) is 0 Å². The zero-order valence-corrected chi connectivity index (χ0v) is 11.8. The van der Waals surface area contributed by atoms with Crippen LogP contribution in [0.3, 0.4) is 0 Å². The van der Waals surface area contributed by atoms with Gasteiger partial charge in [0.2, 0.25) is 11.8 Å². The average molecular weight is 299 g/mol. The third-order valence-corrected chi connectivity index (χ3v) is 4.44. The number of hydrogen-bond donors (Lipinski definition) is 0. The first-order valence-corrected chi connectivity index (χ1v) is 7.02. The van der Waals surface area contributed by atoms with Crippen LogP contribution in [-0.2, 0) is 19.1 Å². The van der Waals surface area contributed by atoms with Crippen LogP contribution in [0.1, 0.15) is 10.4 Å². The quantitative estimate of drug-likeness (QED) is 0.461. The highest BCUT2D eigenvalue weighted by Crippen LogP contribution is 2.46. The van der Waals surface area contributed by atoms with Gasteiger partial charge in [0.1, 0.15) is 0 Å². The standard InChI is InChI=1S/C16H13NO5/c1-21-16(20)8-3-2-4-9(7-8)17-14(18)12-10-5-6-11(22-10)13(12)15(17)19/h2-7,10-13H,1H3/t10-,11-,12+,13+/m1/s1. The summed E-state index contributed by atoms with van der Waals surface area (Å²) in [6, 6.07) is 6.34. The van der Waals surface area contributed by atoms with Crippen LogP contribution in [0.15, 0.2) is 36.4 Å². The van der Waals surface area contributed by atoms with E-state index in [4.69, 9.17) is 4.74 Å². The van der Waals surface area contributed by atoms with E-state index in [1.54, 1.807) is 18.2 Å². The molecule has 6 nitrogen and oxygen atoms in total. The summed E-state index contributed by atoms with van der Waals surface area (Å²) in [5.41, 5.74) is 0.696. The third-order valence-electron chi connectivity index (χ3n) is 4.44. The number of carbonyl (C=O) groups is 3. The first-order chi connectivity index (χ1) is 10.6. The second-order valence-electron chi connectivity index (χ2n) is 5.56. The van der Waals surface area contributed by atoms with Crippen LogP contribution in [0.2, 0.25) is 0 Å². The summed E-state index contributed by atoms with van der Waals surface area (Å²) in [6.45, 7) is 0. The van der Waals surface area contributed by atoms with Gasteiger partial charge in [-0.1, -0.05) is 18.2 Å². The summed E-state index contributed by atoms with van der Waals surface area (Å²) in [4.78, 5) is 38.0. The van der Waals surface area contributed by atoms with Crippen LogP contribution in [0.25, 0.3) is 0 Å². The van der Waals surface area contributed by atoms with Crippen molar-refractivity contribution in [3.05, 3.63) is 42.0 Å². The molecule has 0 aliphatic carbocycles. The molecule has 2 fully saturated rings. The summed E-state index contributed by atoms with van der Waals surface area (Å²) < 4.78 is 10.3. The van der Waals surface area contributed by atoms with Crippen molar-refractivity contribution < 1.29 is 23.9 Å². The molecule has 4 atom stereocenters. The molecule has 2 amide bonds. The van der Waals surface area contributed by atoms with Crippen molar-refractivity contribution >= 4 is 23.5 Å². The molecule has 22 heavy (non-hydrogen) atoms. The topological polar surface area (TPSA) is 72.9 Å². The molecule has 0 aromatic heterocycles. The van der Waals surface area contributed by atoms with E-state index in [0.717, 1.165) is 4.90 Å². The Bertz CT molecular complexity index is 695. The van der Waals surface area contributed by atoms with E-state index >= 15 is 0 Å². The molecular formula is C16H13NO5. The van der Waals surface area contributed by atoms with Crippen LogP contribution in [0.4, 0.5) is 5.69 Å². The van der Waals surface area contributed by atoms with E-state index in [-0.39, 0.29) is 24.0 Å². The Hall–Kier alpha value is -2.47. The van der Waals surface area contributed by atoms with Crippen molar-refractivity contribution in [2.75, 3.05) is 12.0 Å². The van der Waals surface area contributed by atoms with Gasteiger partial charge < -0.3 is 9.47 Å². The van der Waals surface area contributed by atoms with E-state index < -0.39 is 17.8 Å². The fraction of sp³-hybridized carbons (Fsp3) is 0.312. The smallest absolute Gasteiger partial charge is 0.337 e. The van der Waals surface area contributed by atoms with Crippen LogP contribution < -0.4 is 4.90 Å². The van der Waals surface area contributed by atoms with Gasteiger partial charge in [0.25, 0.3) is 0 Å². The number of benzene rings is 1. The Morgan fingerprint density at radius 1 is 1.14 bits per heavy atom. The zero-order chi connectivity index (χ0) is 15.4. The summed E-state index contributed by atoms with van der Waals surface area (Å²) in [5.74, 6) is -1.96. The van der Waals surface area contributed by atoms with Crippen LogP contribution in [-0.4, -0.2) is 37.1 Å². The minimum atomic E-state index is -0.508. The largest absolute Gasteiger partial charge is 0.465 e. The average Bonchev–Trinajstić information content (AvgIpc) is 3.21. The van der Waals surface area contributed by atoms with E-state index in [1.807, 2.05) is 12.2 Å². The number of ether oxygens (including phenoxy) is 2. The van der Waals surface area contributed by atoms with Gasteiger partial charge in [0.15, 0.2) is 0 Å². The fourth-order valence-electron chi connectivity index (χ4n) is 3.45. The fourth-order valence-corrected chi connectivity index (χ4v) is 3.45. The number of methoxy groups -OCH3 is 1. The molecule has 0 N–H and O–H groups in total. The maximum absolute atomic E-state index is 12.6. The Kier molecular flexibility index (Phi) is 2.71. The number of esters is 1. The molecule has 0 radical (unpaired) electrons. The van der Waals surface area contributed by atoms with Crippen LogP contribution >= 0.6 is 0 Å². The maximum atomic E-state index is 12.6. The Balaban J connectivity index is 1.71. The Morgan fingerprint density at radius 2 is 1.77 bits per heavy atom. The lowest BCUT2D eigenvalue weighted by molar-refractivity contribution is -0.124. The van der Waals surface area contributed by atoms with Gasteiger partial charge >= 0.3 is 5.97 Å². The molecule has 0 unspecified atom stereocenters. The molecular weight excluding hydrogens is 286 g/mol. The highest BCUT2D eigenvalue weighted by Gasteiger charge is 2.61. The predicted octanol–water partition coefficient (Wildman–Crippen LogP) is 0.916. The van der Waals surface area contributed by atoms with Gasteiger partial charge in [-0.3, -0.25) is 9.59 Å². The van der Waals surface area contributed by atoms with Crippen molar-refractivity contribution in [3.63, 3.8) is 0 Å². The molecule has 2 saturated heterocycles. The zero-order valence-electron chi connectivity index (χ0n) is 11.8. The summed E-state index contributed by atoms with van der Waals surface area (Å²) >= 11 is 0. The molecule has 3 aliphatic rings. The molecule has 3 heterocycles. The number of hydrogen-bond acceptors (Lipinski definition) is 5. The molecule has 1 aromatic rings. The van der Waals surface area contributed by atoms with Gasteiger partial charge in [-0.2, -0.15) is 0 Å². The number of nitrogens with zero attached hydrogens (tertiary/aromatic N) is 1. The minimum Gasteiger partial charge on any atom is -0.465 e. The predicted molar refractivity (Wildman–Crippen MR) is 75.1 cm³/mol. The third kappa shape index (κ3) is 1.61. The van der Waals surface area contributed by atoms with Crippen molar-refractivity contribution in [1.82, 2.24) is 0 Å². The molecule has 3 aliphatic heterocycles.